The molecule has 1 saturated heterocycles. The smallest absolute Gasteiger partial charge is 0.229 e. The highest BCUT2D eigenvalue weighted by molar-refractivity contribution is 6.03. The predicted octanol–water partition coefficient (Wildman–Crippen LogP) is 3.99. The minimum atomic E-state index is -0.434. The Balaban J connectivity index is 1.13. The van der Waals surface area contributed by atoms with Crippen LogP contribution in [0.2, 0.25) is 0 Å². The summed E-state index contributed by atoms with van der Waals surface area (Å²) in [6, 6.07) is 20.8. The first-order valence-electron chi connectivity index (χ1n) is 11.2. The molecule has 0 saturated carbocycles. The Kier molecular flexibility index (Phi) is 4.91. The molecule has 0 spiro atoms. The summed E-state index contributed by atoms with van der Waals surface area (Å²) in [5.41, 5.74) is 4.19. The Morgan fingerprint density at radius 3 is 2.62 bits per heavy atom. The van der Waals surface area contributed by atoms with Crippen molar-refractivity contribution in [1.29, 1.82) is 0 Å². The van der Waals surface area contributed by atoms with Crippen LogP contribution in [-0.4, -0.2) is 41.5 Å². The molecule has 0 unspecified atom stereocenters. The lowest BCUT2D eigenvalue weighted by atomic mass is 10.1. The van der Waals surface area contributed by atoms with Gasteiger partial charge in [-0.25, -0.2) is 4.98 Å². The molecular formula is C26H22N4O4. The van der Waals surface area contributed by atoms with E-state index in [9.17, 15) is 9.59 Å². The molecule has 3 aromatic carbocycles. The van der Waals surface area contributed by atoms with E-state index in [1.54, 1.807) is 17.0 Å². The molecule has 0 radical (unpaired) electrons. The standard InChI is InChI=1S/C26H22N4O4/c31-24-13-17(15-30(24)19-9-10-22-23(14-19)34-12-11-33-22)26(32)27-18-7-5-16(6-8-18)25-28-20-3-1-2-4-21(20)29-25/h1-10,14,17H,11-13,15H2,(H,27,32)(H,28,29)/t17-/m1/s1. The molecule has 2 amide bonds. The number of ether oxygens (including phenoxy) is 2. The van der Waals surface area contributed by atoms with Gasteiger partial charge in [0.1, 0.15) is 19.0 Å². The highest BCUT2D eigenvalue weighted by Crippen LogP contribution is 2.36. The average Bonchev–Trinajstić information content (AvgIpc) is 3.48. The zero-order valence-corrected chi connectivity index (χ0v) is 18.3. The van der Waals surface area contributed by atoms with Gasteiger partial charge in [-0.05, 0) is 48.5 Å². The van der Waals surface area contributed by atoms with Crippen LogP contribution in [0.15, 0.2) is 66.7 Å². The van der Waals surface area contributed by atoms with Gasteiger partial charge in [0.2, 0.25) is 11.8 Å². The molecule has 2 aliphatic heterocycles. The van der Waals surface area contributed by atoms with Gasteiger partial charge in [-0.15, -0.1) is 0 Å². The molecule has 8 nitrogen and oxygen atoms in total. The molecule has 4 aromatic rings. The number of hydrogen-bond acceptors (Lipinski definition) is 5. The number of imidazole rings is 1. The molecule has 0 bridgehead atoms. The fourth-order valence-corrected chi connectivity index (χ4v) is 4.38. The molecule has 1 aromatic heterocycles. The second-order valence-electron chi connectivity index (χ2n) is 8.40. The number of carbonyl (C=O) groups excluding carboxylic acids is 2. The summed E-state index contributed by atoms with van der Waals surface area (Å²) in [6.45, 7) is 1.31. The molecule has 170 valence electrons. The molecule has 2 N–H and O–H groups in total. The maximum absolute atomic E-state index is 12.9. The van der Waals surface area contributed by atoms with E-state index < -0.39 is 5.92 Å². The Morgan fingerprint density at radius 2 is 1.79 bits per heavy atom. The van der Waals surface area contributed by atoms with E-state index in [0.717, 1.165) is 22.4 Å². The topological polar surface area (TPSA) is 96.5 Å². The summed E-state index contributed by atoms with van der Waals surface area (Å²) in [7, 11) is 0. The first kappa shape index (κ1) is 20.3. The van der Waals surface area contributed by atoms with Crippen LogP contribution in [0.1, 0.15) is 6.42 Å². The Bertz CT molecular complexity index is 1360. The van der Waals surface area contributed by atoms with E-state index >= 15 is 0 Å². The van der Waals surface area contributed by atoms with E-state index in [2.05, 4.69) is 15.3 Å². The molecule has 2 aliphatic rings. The van der Waals surface area contributed by atoms with Crippen LogP contribution >= 0.6 is 0 Å². The van der Waals surface area contributed by atoms with Crippen molar-refractivity contribution >= 4 is 34.2 Å². The number of fused-ring (bicyclic) bond motifs is 2. The molecule has 3 heterocycles. The summed E-state index contributed by atoms with van der Waals surface area (Å²) in [6.07, 6.45) is 0.164. The number of amides is 2. The zero-order valence-electron chi connectivity index (χ0n) is 18.3. The van der Waals surface area contributed by atoms with Crippen molar-refractivity contribution in [1.82, 2.24) is 9.97 Å². The number of para-hydroxylation sites is 2. The number of nitrogens with zero attached hydrogens (tertiary/aromatic N) is 2. The van der Waals surface area contributed by atoms with Gasteiger partial charge in [0.25, 0.3) is 0 Å². The van der Waals surface area contributed by atoms with Gasteiger partial charge < -0.3 is 24.7 Å². The molecule has 1 fully saturated rings. The number of aromatic amines is 1. The van der Waals surface area contributed by atoms with Gasteiger partial charge >= 0.3 is 0 Å². The lowest BCUT2D eigenvalue weighted by molar-refractivity contribution is -0.122. The van der Waals surface area contributed by atoms with Crippen LogP contribution in [-0.2, 0) is 9.59 Å². The van der Waals surface area contributed by atoms with E-state index in [0.29, 0.717) is 42.6 Å². The second kappa shape index (κ2) is 8.22. The summed E-state index contributed by atoms with van der Waals surface area (Å²) >= 11 is 0. The van der Waals surface area contributed by atoms with Gasteiger partial charge in [0.05, 0.1) is 17.0 Å². The van der Waals surface area contributed by atoms with Gasteiger partial charge in [-0.3, -0.25) is 9.59 Å². The lowest BCUT2D eigenvalue weighted by Gasteiger charge is -2.22. The Morgan fingerprint density at radius 1 is 1.00 bits per heavy atom. The first-order chi connectivity index (χ1) is 16.6. The summed E-state index contributed by atoms with van der Waals surface area (Å²) in [5.74, 6) is 1.37. The van der Waals surface area contributed by atoms with Gasteiger partial charge in [-0.1, -0.05) is 12.1 Å². The predicted molar refractivity (Wildman–Crippen MR) is 128 cm³/mol. The van der Waals surface area contributed by atoms with Crippen LogP contribution in [0.25, 0.3) is 22.4 Å². The normalized spacial score (nSPS) is 17.2. The lowest BCUT2D eigenvalue weighted by Crippen LogP contribution is -2.28. The van der Waals surface area contributed by atoms with E-state index in [1.165, 1.54) is 0 Å². The van der Waals surface area contributed by atoms with Crippen molar-refractivity contribution in [3.63, 3.8) is 0 Å². The van der Waals surface area contributed by atoms with Crippen LogP contribution in [0, 0.1) is 5.92 Å². The average molecular weight is 454 g/mol. The monoisotopic (exact) mass is 454 g/mol. The molecule has 0 aliphatic carbocycles. The maximum Gasteiger partial charge on any atom is 0.229 e. The number of rotatable bonds is 4. The number of H-pyrrole nitrogens is 1. The number of aromatic nitrogens is 2. The van der Waals surface area contributed by atoms with Crippen molar-refractivity contribution in [3.05, 3.63) is 66.7 Å². The molecule has 8 heteroatoms. The number of hydrogen-bond donors (Lipinski definition) is 2. The van der Waals surface area contributed by atoms with Crippen LogP contribution in [0.5, 0.6) is 11.5 Å². The van der Waals surface area contributed by atoms with Crippen molar-refractivity contribution in [3.8, 4) is 22.9 Å². The van der Waals surface area contributed by atoms with Crippen molar-refractivity contribution < 1.29 is 19.1 Å². The number of benzene rings is 3. The van der Waals surface area contributed by atoms with Crippen molar-refractivity contribution in [2.24, 2.45) is 5.92 Å². The number of anilines is 2. The highest BCUT2D eigenvalue weighted by atomic mass is 16.6. The van der Waals surface area contributed by atoms with E-state index in [-0.39, 0.29) is 18.2 Å². The Labute approximate surface area is 195 Å². The summed E-state index contributed by atoms with van der Waals surface area (Å²) in [4.78, 5) is 35.1. The maximum atomic E-state index is 12.9. The summed E-state index contributed by atoms with van der Waals surface area (Å²) < 4.78 is 11.2. The third-order valence-electron chi connectivity index (χ3n) is 6.15. The Hall–Kier alpha value is -4.33. The molecule has 6 rings (SSSR count). The first-order valence-corrected chi connectivity index (χ1v) is 11.2. The third kappa shape index (κ3) is 3.73. The largest absolute Gasteiger partial charge is 0.486 e. The van der Waals surface area contributed by atoms with Crippen LogP contribution in [0.4, 0.5) is 11.4 Å². The number of nitrogens with one attached hydrogen (secondary N) is 2. The fourth-order valence-electron chi connectivity index (χ4n) is 4.38. The number of carbonyl (C=O) groups is 2. The van der Waals surface area contributed by atoms with Gasteiger partial charge in [-0.2, -0.15) is 0 Å². The molecule has 34 heavy (non-hydrogen) atoms. The molecular weight excluding hydrogens is 432 g/mol. The van der Waals surface area contributed by atoms with E-state index in [1.807, 2.05) is 54.6 Å². The zero-order chi connectivity index (χ0) is 23.1. The van der Waals surface area contributed by atoms with Crippen LogP contribution in [0.3, 0.4) is 0 Å². The van der Waals surface area contributed by atoms with Crippen molar-refractivity contribution in [2.75, 3.05) is 30.0 Å². The highest BCUT2D eigenvalue weighted by Gasteiger charge is 2.35. The minimum absolute atomic E-state index is 0.0861. The summed E-state index contributed by atoms with van der Waals surface area (Å²) in [5, 5.41) is 2.94. The van der Waals surface area contributed by atoms with Crippen molar-refractivity contribution in [2.45, 2.75) is 6.42 Å². The quantitative estimate of drug-likeness (QED) is 0.486. The van der Waals surface area contributed by atoms with Gasteiger partial charge in [0.15, 0.2) is 11.5 Å². The minimum Gasteiger partial charge on any atom is -0.486 e. The third-order valence-corrected chi connectivity index (χ3v) is 6.15. The van der Waals surface area contributed by atoms with Crippen LogP contribution < -0.4 is 19.7 Å². The van der Waals surface area contributed by atoms with E-state index in [4.69, 9.17) is 9.47 Å². The molecule has 1 atom stereocenters. The fraction of sp³-hybridized carbons (Fsp3) is 0.192. The second-order valence-corrected chi connectivity index (χ2v) is 8.40. The SMILES string of the molecule is O=C(Nc1ccc(-c2nc3ccccc3[nH]2)cc1)[C@@H]1CC(=O)N(c2ccc3c(c2)OCCO3)C1. The van der Waals surface area contributed by atoms with Gasteiger partial charge in [0, 0.05) is 36.0 Å².